The Balaban J connectivity index is 2.03. The maximum atomic E-state index is 11.9. The van der Waals surface area contributed by atoms with Gasteiger partial charge in [0, 0.05) is 11.6 Å². The van der Waals surface area contributed by atoms with Crippen LogP contribution in [0, 0.1) is 6.92 Å². The van der Waals surface area contributed by atoms with Crippen LogP contribution in [0.15, 0.2) is 28.8 Å². The van der Waals surface area contributed by atoms with E-state index < -0.39 is 0 Å². The van der Waals surface area contributed by atoms with Crippen LogP contribution in [0.4, 0.5) is 5.69 Å². The molecule has 1 heterocycles. The number of nitrogen functional groups attached to an aromatic ring is 1. The van der Waals surface area contributed by atoms with Gasteiger partial charge in [0.25, 0.3) is 5.91 Å². The number of carbonyl (C=O) groups excluding carboxylic acids is 1. The van der Waals surface area contributed by atoms with Gasteiger partial charge in [0.15, 0.2) is 5.76 Å². The first-order valence-corrected chi connectivity index (χ1v) is 5.74. The van der Waals surface area contributed by atoms with Crippen LogP contribution < -0.4 is 15.8 Å². The van der Waals surface area contributed by atoms with Gasteiger partial charge in [-0.15, -0.1) is 0 Å². The zero-order chi connectivity index (χ0) is 13.8. The van der Waals surface area contributed by atoms with Crippen molar-refractivity contribution in [3.63, 3.8) is 0 Å². The summed E-state index contributed by atoms with van der Waals surface area (Å²) in [5.74, 6) is 0.851. The van der Waals surface area contributed by atoms with Crippen LogP contribution in [0.2, 0.25) is 0 Å². The molecule has 6 nitrogen and oxygen atoms in total. The maximum Gasteiger partial charge on any atom is 0.251 e. The number of amides is 1. The van der Waals surface area contributed by atoms with Gasteiger partial charge >= 0.3 is 0 Å². The van der Waals surface area contributed by atoms with E-state index in [2.05, 4.69) is 10.5 Å². The number of hydrogen-bond acceptors (Lipinski definition) is 5. The quantitative estimate of drug-likeness (QED) is 0.814. The first kappa shape index (κ1) is 12.9. The summed E-state index contributed by atoms with van der Waals surface area (Å²) < 4.78 is 10.1. The molecule has 100 valence electrons. The standard InChI is InChI=1S/C13H15N3O3/c1-8-5-10(19-16-8)7-15-13(17)9-3-4-11(14)12(6-9)18-2/h3-6H,7,14H2,1-2H3,(H,15,17). The average molecular weight is 261 g/mol. The topological polar surface area (TPSA) is 90.4 Å². The van der Waals surface area contributed by atoms with E-state index in [1.165, 1.54) is 7.11 Å². The monoisotopic (exact) mass is 261 g/mol. The van der Waals surface area contributed by atoms with E-state index in [1.807, 2.05) is 6.92 Å². The van der Waals surface area contributed by atoms with E-state index in [0.717, 1.165) is 5.69 Å². The van der Waals surface area contributed by atoms with Gasteiger partial charge in [-0.2, -0.15) is 0 Å². The molecule has 0 spiro atoms. The molecule has 2 rings (SSSR count). The van der Waals surface area contributed by atoms with Crippen LogP contribution in [0.5, 0.6) is 5.75 Å². The number of ether oxygens (including phenoxy) is 1. The van der Waals surface area contributed by atoms with Crippen molar-refractivity contribution in [2.45, 2.75) is 13.5 Å². The molecule has 1 amide bonds. The van der Waals surface area contributed by atoms with Crippen LogP contribution in [0.1, 0.15) is 21.8 Å². The molecule has 19 heavy (non-hydrogen) atoms. The number of aryl methyl sites for hydroxylation is 1. The second-order valence-electron chi connectivity index (χ2n) is 4.07. The van der Waals surface area contributed by atoms with E-state index in [-0.39, 0.29) is 12.5 Å². The molecule has 3 N–H and O–H groups in total. The number of benzene rings is 1. The third-order valence-corrected chi connectivity index (χ3v) is 2.60. The van der Waals surface area contributed by atoms with Gasteiger partial charge < -0.3 is 20.3 Å². The summed E-state index contributed by atoms with van der Waals surface area (Å²) in [6.07, 6.45) is 0. The Hall–Kier alpha value is -2.50. The van der Waals surface area contributed by atoms with Crippen LogP contribution in [-0.2, 0) is 6.54 Å². The van der Waals surface area contributed by atoms with E-state index >= 15 is 0 Å². The van der Waals surface area contributed by atoms with E-state index in [1.54, 1.807) is 24.3 Å². The van der Waals surface area contributed by atoms with Gasteiger partial charge in [0.1, 0.15) is 5.75 Å². The van der Waals surface area contributed by atoms with Crippen molar-refractivity contribution in [1.82, 2.24) is 10.5 Å². The highest BCUT2D eigenvalue weighted by atomic mass is 16.5. The molecular formula is C13H15N3O3. The molecule has 0 saturated carbocycles. The highest BCUT2D eigenvalue weighted by Crippen LogP contribution is 2.22. The molecule has 1 aromatic carbocycles. The highest BCUT2D eigenvalue weighted by Gasteiger charge is 2.09. The van der Waals surface area contributed by atoms with Gasteiger partial charge in [-0.1, -0.05) is 5.16 Å². The Morgan fingerprint density at radius 1 is 1.47 bits per heavy atom. The fourth-order valence-electron chi connectivity index (χ4n) is 1.62. The van der Waals surface area contributed by atoms with Crippen molar-refractivity contribution in [1.29, 1.82) is 0 Å². The van der Waals surface area contributed by atoms with E-state index in [4.69, 9.17) is 15.0 Å². The van der Waals surface area contributed by atoms with Gasteiger partial charge in [-0.25, -0.2) is 0 Å². The second kappa shape index (κ2) is 5.43. The minimum Gasteiger partial charge on any atom is -0.495 e. The summed E-state index contributed by atoms with van der Waals surface area (Å²) >= 11 is 0. The van der Waals surface area contributed by atoms with E-state index in [9.17, 15) is 4.79 Å². The van der Waals surface area contributed by atoms with Crippen molar-refractivity contribution < 1.29 is 14.1 Å². The van der Waals surface area contributed by atoms with Gasteiger partial charge in [-0.05, 0) is 25.1 Å². The number of anilines is 1. The summed E-state index contributed by atoms with van der Waals surface area (Å²) in [4.78, 5) is 11.9. The van der Waals surface area contributed by atoms with Crippen molar-refractivity contribution >= 4 is 11.6 Å². The number of rotatable bonds is 4. The Morgan fingerprint density at radius 3 is 2.89 bits per heavy atom. The zero-order valence-corrected chi connectivity index (χ0v) is 10.8. The van der Waals surface area contributed by atoms with Crippen molar-refractivity contribution in [3.8, 4) is 5.75 Å². The van der Waals surface area contributed by atoms with Crippen LogP contribution >= 0.6 is 0 Å². The Kier molecular flexibility index (Phi) is 3.70. The minimum absolute atomic E-state index is 0.229. The fraction of sp³-hybridized carbons (Fsp3) is 0.231. The predicted octanol–water partition coefficient (Wildman–Crippen LogP) is 1.50. The molecule has 0 atom stereocenters. The molecule has 1 aromatic heterocycles. The van der Waals surface area contributed by atoms with Crippen molar-refractivity contribution in [3.05, 3.63) is 41.3 Å². The van der Waals surface area contributed by atoms with Crippen molar-refractivity contribution in [2.24, 2.45) is 0 Å². The zero-order valence-electron chi connectivity index (χ0n) is 10.8. The lowest BCUT2D eigenvalue weighted by atomic mass is 10.2. The summed E-state index contributed by atoms with van der Waals surface area (Å²) in [6.45, 7) is 2.10. The first-order chi connectivity index (χ1) is 9.10. The Labute approximate surface area is 110 Å². The number of nitrogens with zero attached hydrogens (tertiary/aromatic N) is 1. The Morgan fingerprint density at radius 2 is 2.26 bits per heavy atom. The molecule has 0 aliphatic carbocycles. The number of aromatic nitrogens is 1. The first-order valence-electron chi connectivity index (χ1n) is 5.74. The summed E-state index contributed by atoms with van der Waals surface area (Å²) in [5.41, 5.74) is 7.43. The third-order valence-electron chi connectivity index (χ3n) is 2.60. The number of methoxy groups -OCH3 is 1. The molecule has 0 aliphatic heterocycles. The van der Waals surface area contributed by atoms with Crippen LogP contribution in [0.3, 0.4) is 0 Å². The maximum absolute atomic E-state index is 11.9. The molecule has 0 unspecified atom stereocenters. The number of carbonyl (C=O) groups is 1. The highest BCUT2D eigenvalue weighted by molar-refractivity contribution is 5.95. The molecule has 0 radical (unpaired) electrons. The number of nitrogens with one attached hydrogen (secondary N) is 1. The fourth-order valence-corrected chi connectivity index (χ4v) is 1.62. The summed E-state index contributed by atoms with van der Waals surface area (Å²) in [6, 6.07) is 6.63. The molecule has 0 aliphatic rings. The largest absolute Gasteiger partial charge is 0.495 e. The van der Waals surface area contributed by atoms with Crippen LogP contribution in [-0.4, -0.2) is 18.2 Å². The Bertz CT molecular complexity index is 593. The summed E-state index contributed by atoms with van der Waals surface area (Å²) in [5, 5.41) is 6.47. The smallest absolute Gasteiger partial charge is 0.251 e. The lowest BCUT2D eigenvalue weighted by molar-refractivity contribution is 0.0947. The minimum atomic E-state index is -0.229. The molecule has 2 aromatic rings. The van der Waals surface area contributed by atoms with Crippen LogP contribution in [0.25, 0.3) is 0 Å². The van der Waals surface area contributed by atoms with E-state index in [0.29, 0.717) is 22.8 Å². The number of hydrogen-bond donors (Lipinski definition) is 2. The molecule has 0 saturated heterocycles. The lowest BCUT2D eigenvalue weighted by Gasteiger charge is -2.07. The van der Waals surface area contributed by atoms with Crippen molar-refractivity contribution in [2.75, 3.05) is 12.8 Å². The summed E-state index contributed by atoms with van der Waals surface area (Å²) in [7, 11) is 1.50. The predicted molar refractivity (Wildman–Crippen MR) is 69.8 cm³/mol. The van der Waals surface area contributed by atoms with Gasteiger partial charge in [0.05, 0.1) is 25.0 Å². The normalized spacial score (nSPS) is 10.2. The SMILES string of the molecule is COc1cc(C(=O)NCc2cc(C)no2)ccc1N. The number of nitrogens with two attached hydrogens (primary N) is 1. The molecular weight excluding hydrogens is 246 g/mol. The third kappa shape index (κ3) is 3.04. The molecule has 0 bridgehead atoms. The lowest BCUT2D eigenvalue weighted by Crippen LogP contribution is -2.22. The van der Waals surface area contributed by atoms with Gasteiger partial charge in [0.2, 0.25) is 0 Å². The second-order valence-corrected chi connectivity index (χ2v) is 4.07. The average Bonchev–Trinajstić information content (AvgIpc) is 2.82. The molecule has 0 fully saturated rings. The van der Waals surface area contributed by atoms with Gasteiger partial charge in [-0.3, -0.25) is 4.79 Å². The molecule has 6 heteroatoms.